The Morgan fingerprint density at radius 1 is 0.951 bits per heavy atom. The summed E-state index contributed by atoms with van der Waals surface area (Å²) in [4.78, 5) is 70.2. The van der Waals surface area contributed by atoms with Crippen molar-refractivity contribution in [2.75, 3.05) is 6.61 Å². The Morgan fingerprint density at radius 3 is 2.10 bits per heavy atom. The molecule has 1 saturated heterocycles. The van der Waals surface area contributed by atoms with E-state index in [2.05, 4.69) is 5.32 Å². The molecule has 1 unspecified atom stereocenters. The van der Waals surface area contributed by atoms with Crippen LogP contribution in [-0.4, -0.2) is 111 Å². The number of hydrogen-bond acceptors (Lipinski definition) is 14. The number of ketones is 1. The summed E-state index contributed by atoms with van der Waals surface area (Å²) in [5.74, 6) is -4.90. The predicted octanol–water partition coefficient (Wildman–Crippen LogP) is 4.69. The van der Waals surface area contributed by atoms with E-state index in [1.807, 2.05) is 0 Å². The van der Waals surface area contributed by atoms with E-state index in [0.717, 1.165) is 0 Å². The highest BCUT2D eigenvalue weighted by molar-refractivity contribution is 5.94. The van der Waals surface area contributed by atoms with E-state index in [-0.39, 0.29) is 24.2 Å². The Balaban J connectivity index is 1.54. The number of aliphatic hydroxyl groups excluding tert-OH is 2. The van der Waals surface area contributed by atoms with Gasteiger partial charge in [0.05, 0.1) is 41.8 Å². The average Bonchev–Trinajstić information content (AvgIpc) is 3.17. The summed E-state index contributed by atoms with van der Waals surface area (Å²) in [6, 6.07) is 14.9. The van der Waals surface area contributed by atoms with E-state index in [4.69, 9.17) is 28.4 Å². The van der Waals surface area contributed by atoms with Gasteiger partial charge < -0.3 is 49.1 Å². The van der Waals surface area contributed by atoms with Gasteiger partial charge in [0, 0.05) is 25.2 Å². The Labute approximate surface area is 356 Å². The van der Waals surface area contributed by atoms with Gasteiger partial charge in [-0.1, -0.05) is 62.4 Å². The van der Waals surface area contributed by atoms with Crippen molar-refractivity contribution < 1.29 is 67.7 Å². The van der Waals surface area contributed by atoms with Gasteiger partial charge in [-0.15, -0.1) is 0 Å². The lowest BCUT2D eigenvalue weighted by atomic mass is 9.44. The highest BCUT2D eigenvalue weighted by Crippen LogP contribution is 2.64. The number of ether oxygens (including phenoxy) is 6. The molecule has 4 N–H and O–H groups in total. The van der Waals surface area contributed by atoms with Crippen molar-refractivity contribution in [2.24, 2.45) is 16.7 Å². The number of nitrogens with one attached hydrogen (secondary N) is 1. The van der Waals surface area contributed by atoms with Crippen LogP contribution in [0, 0.1) is 16.7 Å². The molecule has 61 heavy (non-hydrogen) atoms. The van der Waals surface area contributed by atoms with Gasteiger partial charge in [0.2, 0.25) is 0 Å². The number of benzene rings is 2. The van der Waals surface area contributed by atoms with Crippen LogP contribution in [0.4, 0.5) is 4.79 Å². The number of fused-ring (bicyclic) bond motifs is 5. The van der Waals surface area contributed by atoms with Gasteiger partial charge in [0.15, 0.2) is 17.5 Å². The summed E-state index contributed by atoms with van der Waals surface area (Å²) in [5, 5.41) is 40.1. The van der Waals surface area contributed by atoms with Crippen molar-refractivity contribution >= 4 is 29.8 Å². The summed E-state index contributed by atoms with van der Waals surface area (Å²) >= 11 is 0. The molecule has 1 aliphatic heterocycles. The standard InChI is InChI=1S/C46H59NO14/c1-24(2)57-35-32-25(3)29(58-40(53)34(50)33(27-17-13-11-14-18-27)47-41(54)61-42(5,6)7)22-46(55,43(32,8)9)38(59-39(52)28-19-15-12-16-20-28)36-44(10,37(35)51)30(49)21-31-45(36,23-56-31)60-26(4)48/h11-20,24,29-31,33-36,38,49-50,55H,21-23H2,1-10H3,(H,47,54)/t29-,30-,31+,33-,34+,35+,36-,38?,44+,45-,46+/m0/s1. The smallest absolute Gasteiger partial charge is 0.408 e. The fourth-order valence-corrected chi connectivity index (χ4v) is 9.93. The van der Waals surface area contributed by atoms with Crippen LogP contribution in [0.25, 0.3) is 0 Å². The predicted molar refractivity (Wildman–Crippen MR) is 218 cm³/mol. The van der Waals surface area contributed by atoms with Crippen molar-refractivity contribution in [3.05, 3.63) is 82.9 Å². The number of carbonyl (C=O) groups excluding carboxylic acids is 5. The molecule has 3 aliphatic carbocycles. The van der Waals surface area contributed by atoms with Crippen molar-refractivity contribution in [3.8, 4) is 0 Å². The van der Waals surface area contributed by atoms with Crippen molar-refractivity contribution in [3.63, 3.8) is 0 Å². The van der Waals surface area contributed by atoms with Gasteiger partial charge in [-0.05, 0) is 77.3 Å². The lowest BCUT2D eigenvalue weighted by Crippen LogP contribution is -2.82. The van der Waals surface area contributed by atoms with Gasteiger partial charge in [0.25, 0.3) is 0 Å². The van der Waals surface area contributed by atoms with Crippen LogP contribution in [0.5, 0.6) is 0 Å². The molecular weight excluding hydrogens is 790 g/mol. The zero-order chi connectivity index (χ0) is 45.0. The molecule has 2 aromatic rings. The number of alkyl carbamates (subject to hydrolysis) is 1. The van der Waals surface area contributed by atoms with Crippen LogP contribution in [0.1, 0.15) is 104 Å². The van der Waals surface area contributed by atoms with Gasteiger partial charge >= 0.3 is 24.0 Å². The molecule has 2 saturated carbocycles. The number of esters is 3. The minimum absolute atomic E-state index is 0.109. The second-order valence-corrected chi connectivity index (χ2v) is 18.7. The molecule has 332 valence electrons. The summed E-state index contributed by atoms with van der Waals surface area (Å²) in [6.45, 7) is 15.8. The third kappa shape index (κ3) is 8.11. The molecule has 4 aliphatic rings. The Morgan fingerprint density at radius 2 is 1.56 bits per heavy atom. The van der Waals surface area contributed by atoms with E-state index < -0.39 is 119 Å². The first-order valence-electron chi connectivity index (χ1n) is 20.7. The maximum atomic E-state index is 15.6. The minimum Gasteiger partial charge on any atom is -0.456 e. The third-order valence-corrected chi connectivity index (χ3v) is 13.0. The number of Topliss-reactive ketones (excluding diaryl/α,β-unsaturated/α-hetero) is 1. The Bertz CT molecular complexity index is 2040. The number of rotatable bonds is 10. The lowest BCUT2D eigenvalue weighted by molar-refractivity contribution is -0.346. The second-order valence-electron chi connectivity index (χ2n) is 18.7. The summed E-state index contributed by atoms with van der Waals surface area (Å²) in [5.41, 5.74) is -7.32. The molecule has 0 aromatic heterocycles. The molecule has 2 bridgehead atoms. The molecule has 1 amide bonds. The number of hydrogen-bond donors (Lipinski definition) is 4. The van der Waals surface area contributed by atoms with Crippen LogP contribution < -0.4 is 5.32 Å². The summed E-state index contributed by atoms with van der Waals surface area (Å²) in [7, 11) is 0. The molecule has 0 radical (unpaired) electrons. The van der Waals surface area contributed by atoms with E-state index in [1.165, 1.54) is 26.0 Å². The third-order valence-electron chi connectivity index (χ3n) is 13.0. The highest BCUT2D eigenvalue weighted by Gasteiger charge is 2.78. The molecule has 1 heterocycles. The van der Waals surface area contributed by atoms with E-state index in [9.17, 15) is 34.5 Å². The summed E-state index contributed by atoms with van der Waals surface area (Å²) < 4.78 is 36.5. The van der Waals surface area contributed by atoms with Crippen LogP contribution >= 0.6 is 0 Å². The Kier molecular flexibility index (Phi) is 12.4. The molecule has 6 rings (SSSR count). The molecular formula is C46H59NO14. The maximum absolute atomic E-state index is 15.6. The minimum atomic E-state index is -2.29. The average molecular weight is 850 g/mol. The first kappa shape index (κ1) is 45.8. The van der Waals surface area contributed by atoms with Gasteiger partial charge in [0.1, 0.15) is 35.6 Å². The maximum Gasteiger partial charge on any atom is 0.408 e. The van der Waals surface area contributed by atoms with Crippen LogP contribution in [0.3, 0.4) is 0 Å². The van der Waals surface area contributed by atoms with Crippen LogP contribution in [0.2, 0.25) is 0 Å². The van der Waals surface area contributed by atoms with Gasteiger partial charge in [-0.25, -0.2) is 14.4 Å². The van der Waals surface area contributed by atoms with E-state index >= 15 is 4.79 Å². The van der Waals surface area contributed by atoms with Crippen molar-refractivity contribution in [2.45, 2.75) is 148 Å². The molecule has 0 spiro atoms. The summed E-state index contributed by atoms with van der Waals surface area (Å²) in [6.07, 6.45) is -11.1. The van der Waals surface area contributed by atoms with Crippen LogP contribution in [-0.2, 0) is 42.8 Å². The topological polar surface area (TPSA) is 213 Å². The highest BCUT2D eigenvalue weighted by atomic mass is 16.6. The SMILES string of the molecule is CC(=O)O[C@@]12CO[C@@H]1C[C@H](O)[C@@]1(C)C(=O)[C@H](OC(C)C)C3=C(C)[C@@H](OC(=O)[C@H](O)[C@@H](NC(=O)OC(C)(C)C)c4ccccc4)C[C@@](O)(C(OC(=O)c4ccccc4)[C@H]21)C3(C)C. The van der Waals surface area contributed by atoms with Crippen molar-refractivity contribution in [1.82, 2.24) is 5.32 Å². The number of carbonyl (C=O) groups is 5. The zero-order valence-corrected chi connectivity index (χ0v) is 36.4. The van der Waals surface area contributed by atoms with E-state index in [1.54, 1.807) is 104 Å². The first-order chi connectivity index (χ1) is 28.4. The van der Waals surface area contributed by atoms with Crippen molar-refractivity contribution in [1.29, 1.82) is 0 Å². The monoisotopic (exact) mass is 849 g/mol. The van der Waals surface area contributed by atoms with Gasteiger partial charge in [-0.3, -0.25) is 9.59 Å². The molecule has 11 atom stereocenters. The Hall–Kier alpha value is -4.67. The normalized spacial score (nSPS) is 32.7. The first-order valence-corrected chi connectivity index (χ1v) is 20.7. The lowest BCUT2D eigenvalue weighted by Gasteiger charge is -2.67. The largest absolute Gasteiger partial charge is 0.456 e. The molecule has 15 heteroatoms. The van der Waals surface area contributed by atoms with Crippen LogP contribution in [0.15, 0.2) is 71.8 Å². The van der Waals surface area contributed by atoms with Gasteiger partial charge in [-0.2, -0.15) is 0 Å². The van der Waals surface area contributed by atoms with E-state index in [0.29, 0.717) is 11.1 Å². The fraction of sp³-hybridized carbons (Fsp3) is 0.587. The second kappa shape index (κ2) is 16.6. The molecule has 3 fully saturated rings. The number of aliphatic hydroxyl groups is 3. The number of amides is 1. The molecule has 2 aromatic carbocycles. The fourth-order valence-electron chi connectivity index (χ4n) is 9.93. The molecule has 15 nitrogen and oxygen atoms in total. The zero-order valence-electron chi connectivity index (χ0n) is 36.4. The quantitative estimate of drug-likeness (QED) is 0.145.